The van der Waals surface area contributed by atoms with Gasteiger partial charge in [-0.2, -0.15) is 4.39 Å². The molecule has 7 atom stereocenters. The smallest absolute Gasteiger partial charge is 0.372 e. The Bertz CT molecular complexity index is 438. The van der Waals surface area contributed by atoms with Crippen molar-refractivity contribution >= 4 is 11.9 Å². The molecule has 0 aromatic rings. The fourth-order valence-electron chi connectivity index (χ4n) is 2.11. The number of ether oxygens (including phenoxy) is 1. The fourth-order valence-corrected chi connectivity index (χ4v) is 2.11. The van der Waals surface area contributed by atoms with Crippen molar-refractivity contribution in [3.05, 3.63) is 0 Å². The van der Waals surface area contributed by atoms with E-state index in [4.69, 9.17) is 10.2 Å². The number of nitrogens with one attached hydrogen (secondary N) is 1. The second-order valence-corrected chi connectivity index (χ2v) is 4.89. The van der Waals surface area contributed by atoms with E-state index in [1.807, 2.05) is 5.32 Å². The van der Waals surface area contributed by atoms with Crippen molar-refractivity contribution in [1.82, 2.24) is 5.32 Å². The van der Waals surface area contributed by atoms with Gasteiger partial charge in [-0.05, 0) is 0 Å². The van der Waals surface area contributed by atoms with Gasteiger partial charge in [0.25, 0.3) is 0 Å². The summed E-state index contributed by atoms with van der Waals surface area (Å²) in [5.41, 5.74) is 0. The number of amides is 1. The van der Waals surface area contributed by atoms with E-state index in [-0.39, 0.29) is 0 Å². The lowest BCUT2D eigenvalue weighted by Gasteiger charge is -2.45. The third kappa shape index (κ3) is 3.33. The van der Waals surface area contributed by atoms with Crippen molar-refractivity contribution in [3.63, 3.8) is 0 Å². The molecule has 1 heterocycles. The van der Waals surface area contributed by atoms with Gasteiger partial charge in [0.15, 0.2) is 6.17 Å². The predicted molar refractivity (Wildman–Crippen MR) is 64.0 cm³/mol. The van der Waals surface area contributed by atoms with Crippen molar-refractivity contribution in [1.29, 1.82) is 0 Å². The predicted octanol–water partition coefficient (Wildman–Crippen LogP) is -2.95. The highest BCUT2D eigenvalue weighted by Gasteiger charge is 2.62. The Morgan fingerprint density at radius 1 is 1.41 bits per heavy atom. The average molecular weight is 329 g/mol. The molecule has 1 aliphatic rings. The Labute approximate surface area is 123 Å². The summed E-state index contributed by atoms with van der Waals surface area (Å²) < 4.78 is 32.3. The Morgan fingerprint density at radius 3 is 2.36 bits per heavy atom. The molecule has 11 heteroatoms. The fraction of sp³-hybridized carbons (Fsp3) is 0.818. The van der Waals surface area contributed by atoms with Gasteiger partial charge < -0.3 is 35.6 Å². The molecule has 1 fully saturated rings. The van der Waals surface area contributed by atoms with Gasteiger partial charge in [0.2, 0.25) is 5.91 Å². The molecular weight excluding hydrogens is 312 g/mol. The minimum absolute atomic E-state index is 0.808. The molecule has 6 N–H and O–H groups in total. The monoisotopic (exact) mass is 329 g/mol. The van der Waals surface area contributed by atoms with Crippen LogP contribution in [0.1, 0.15) is 6.92 Å². The highest BCUT2D eigenvalue weighted by Crippen LogP contribution is 2.35. The molecule has 0 aromatic heterocycles. The molecule has 1 rings (SSSR count). The summed E-state index contributed by atoms with van der Waals surface area (Å²) in [5.74, 6) is -7.19. The van der Waals surface area contributed by atoms with E-state index in [1.54, 1.807) is 0 Å². The van der Waals surface area contributed by atoms with Gasteiger partial charge in [0, 0.05) is 6.92 Å². The van der Waals surface area contributed by atoms with E-state index < -0.39 is 61.0 Å². The van der Waals surface area contributed by atoms with Crippen LogP contribution in [0.4, 0.5) is 8.78 Å². The van der Waals surface area contributed by atoms with Crippen LogP contribution in [0.3, 0.4) is 0 Å². The summed E-state index contributed by atoms with van der Waals surface area (Å²) >= 11 is 0. The van der Waals surface area contributed by atoms with Crippen molar-refractivity contribution in [2.24, 2.45) is 0 Å². The summed E-state index contributed by atoms with van der Waals surface area (Å²) in [5, 5.41) is 48.3. The zero-order chi connectivity index (χ0) is 17.2. The minimum atomic E-state index is -3.99. The van der Waals surface area contributed by atoms with Gasteiger partial charge in [-0.25, -0.2) is 9.18 Å². The number of aliphatic hydroxyl groups is 4. The van der Waals surface area contributed by atoms with E-state index in [0.717, 1.165) is 6.92 Å². The average Bonchev–Trinajstić information content (AvgIpc) is 2.45. The van der Waals surface area contributed by atoms with Gasteiger partial charge in [-0.3, -0.25) is 4.79 Å². The van der Waals surface area contributed by atoms with Crippen molar-refractivity contribution < 1.29 is 48.6 Å². The highest BCUT2D eigenvalue weighted by atomic mass is 19.2. The van der Waals surface area contributed by atoms with E-state index in [1.165, 1.54) is 0 Å². The van der Waals surface area contributed by atoms with Crippen LogP contribution in [0.5, 0.6) is 0 Å². The van der Waals surface area contributed by atoms with Crippen LogP contribution in [0.25, 0.3) is 0 Å². The zero-order valence-corrected chi connectivity index (χ0v) is 11.4. The van der Waals surface area contributed by atoms with E-state index in [2.05, 4.69) is 4.74 Å². The van der Waals surface area contributed by atoms with Crippen LogP contribution in [-0.2, 0) is 14.3 Å². The molecule has 1 saturated heterocycles. The topological polar surface area (TPSA) is 157 Å². The largest absolute Gasteiger partial charge is 0.477 e. The van der Waals surface area contributed by atoms with Crippen LogP contribution in [0.2, 0.25) is 0 Å². The minimum Gasteiger partial charge on any atom is -0.477 e. The maximum absolute atomic E-state index is 14.1. The summed E-state index contributed by atoms with van der Waals surface area (Å²) in [6.45, 7) is -0.0321. The Balaban J connectivity index is 3.19. The number of carbonyl (C=O) groups is 2. The van der Waals surface area contributed by atoms with E-state index in [9.17, 15) is 33.7 Å². The summed E-state index contributed by atoms with van der Waals surface area (Å²) in [7, 11) is 0. The highest BCUT2D eigenvalue weighted by molar-refractivity contribution is 5.77. The quantitative estimate of drug-likeness (QED) is 0.313. The third-order valence-electron chi connectivity index (χ3n) is 3.26. The van der Waals surface area contributed by atoms with Crippen LogP contribution in [-0.4, -0.2) is 86.5 Å². The number of hydrogen-bond donors (Lipinski definition) is 6. The normalized spacial score (nSPS) is 38.1. The number of carboxylic acid groups (broad SMARTS) is 1. The Hall–Kier alpha value is -1.40. The SMILES string of the molecule is CC(=O)N[C@@H]1[C@@H](O)[C@@H](F)[C@](F)(C(=O)O)O[C@H]1[C@H](O)[C@H](O)CO. The lowest BCUT2D eigenvalue weighted by molar-refractivity contribution is -0.293. The van der Waals surface area contributed by atoms with Gasteiger partial charge in [0.1, 0.15) is 24.4 Å². The van der Waals surface area contributed by atoms with Crippen molar-refractivity contribution in [2.75, 3.05) is 6.61 Å². The molecule has 0 spiro atoms. The molecule has 9 nitrogen and oxygen atoms in total. The molecule has 22 heavy (non-hydrogen) atoms. The summed E-state index contributed by atoms with van der Waals surface area (Å²) in [6, 6.07) is -1.74. The van der Waals surface area contributed by atoms with Crippen LogP contribution in [0.15, 0.2) is 0 Å². The van der Waals surface area contributed by atoms with Gasteiger partial charge >= 0.3 is 11.8 Å². The first-order valence-corrected chi connectivity index (χ1v) is 6.22. The first kappa shape index (κ1) is 18.6. The molecule has 1 amide bonds. The van der Waals surface area contributed by atoms with Gasteiger partial charge in [0.05, 0.1) is 12.6 Å². The number of aliphatic hydroxyl groups excluding tert-OH is 4. The third-order valence-corrected chi connectivity index (χ3v) is 3.26. The van der Waals surface area contributed by atoms with E-state index >= 15 is 0 Å². The Morgan fingerprint density at radius 2 is 1.95 bits per heavy atom. The second-order valence-electron chi connectivity index (χ2n) is 4.89. The molecule has 0 saturated carbocycles. The molecular formula is C11H17F2NO8. The first-order chi connectivity index (χ1) is 10.1. The number of carboxylic acids is 1. The number of aliphatic carboxylic acids is 1. The first-order valence-electron chi connectivity index (χ1n) is 6.22. The van der Waals surface area contributed by atoms with E-state index in [0.29, 0.717) is 0 Å². The summed E-state index contributed by atoms with van der Waals surface area (Å²) in [6.07, 6.45) is -11.4. The molecule has 0 unspecified atom stereocenters. The second kappa shape index (κ2) is 6.79. The van der Waals surface area contributed by atoms with Gasteiger partial charge in [-0.15, -0.1) is 0 Å². The maximum Gasteiger partial charge on any atom is 0.372 e. The van der Waals surface area contributed by atoms with Crippen LogP contribution >= 0.6 is 0 Å². The van der Waals surface area contributed by atoms with Crippen LogP contribution < -0.4 is 5.32 Å². The van der Waals surface area contributed by atoms with Crippen molar-refractivity contribution in [3.8, 4) is 0 Å². The van der Waals surface area contributed by atoms with Crippen LogP contribution in [0, 0.1) is 0 Å². The maximum atomic E-state index is 14.1. The zero-order valence-electron chi connectivity index (χ0n) is 11.4. The number of halogens is 2. The molecule has 0 radical (unpaired) electrons. The lowest BCUT2D eigenvalue weighted by Crippen LogP contribution is -2.71. The number of rotatable bonds is 5. The van der Waals surface area contributed by atoms with Gasteiger partial charge in [-0.1, -0.05) is 0 Å². The molecule has 128 valence electrons. The summed E-state index contributed by atoms with van der Waals surface area (Å²) in [4.78, 5) is 21.9. The van der Waals surface area contributed by atoms with Crippen molar-refractivity contribution in [2.45, 2.75) is 49.4 Å². The molecule has 0 aromatic carbocycles. The lowest BCUT2D eigenvalue weighted by atomic mass is 9.88. The standard InChI is InChI=1S/C11H17F2NO8/c1-3(16)14-5-7(19)9(12)11(13,10(20)21)22-8(5)6(18)4(17)2-15/h4-9,15,17-19H,2H2,1H3,(H,14,16)(H,20,21)/t4-,5-,6-,7-,8-,9-,11-/m1/s1. The Kier molecular flexibility index (Phi) is 5.76. The molecule has 1 aliphatic heterocycles. The number of alkyl halides is 2. The number of carbonyl (C=O) groups excluding carboxylic acids is 1. The molecule has 0 aliphatic carbocycles. The molecule has 0 bridgehead atoms. The number of hydrogen-bond acceptors (Lipinski definition) is 7.